The molecule has 0 aliphatic heterocycles. The van der Waals surface area contributed by atoms with Crippen molar-refractivity contribution in [2.45, 2.75) is 27.0 Å². The highest BCUT2D eigenvalue weighted by atomic mass is 16.5. The Morgan fingerprint density at radius 1 is 1.28 bits per heavy atom. The zero-order valence-electron chi connectivity index (χ0n) is 11.0. The van der Waals surface area contributed by atoms with Gasteiger partial charge in [0.15, 0.2) is 0 Å². The van der Waals surface area contributed by atoms with E-state index in [1.807, 2.05) is 6.07 Å². The highest BCUT2D eigenvalue weighted by Crippen LogP contribution is 2.17. The molecule has 0 unspecified atom stereocenters. The van der Waals surface area contributed by atoms with Crippen LogP contribution in [0.25, 0.3) is 5.69 Å². The second kappa shape index (κ2) is 5.29. The van der Waals surface area contributed by atoms with Crippen LogP contribution >= 0.6 is 0 Å². The molecule has 1 heterocycles. The molecule has 1 aromatic heterocycles. The molecule has 0 fully saturated rings. The quantitative estimate of drug-likeness (QED) is 0.887. The molecule has 5 nitrogen and oxygen atoms in total. The second-order valence-corrected chi connectivity index (χ2v) is 4.30. The Hall–Kier alpha value is -1.72. The SMILES string of the molecule is COCc1c(CN)nnn1-c1ccc(C)c(C)c1. The summed E-state index contributed by atoms with van der Waals surface area (Å²) in [6.45, 7) is 4.98. The maximum atomic E-state index is 5.65. The average Bonchev–Trinajstić information content (AvgIpc) is 2.76. The van der Waals surface area contributed by atoms with E-state index in [0.29, 0.717) is 13.2 Å². The number of methoxy groups -OCH3 is 1. The van der Waals surface area contributed by atoms with E-state index in [4.69, 9.17) is 10.5 Å². The number of hydrogen-bond acceptors (Lipinski definition) is 4. The number of nitrogens with two attached hydrogens (primary N) is 1. The molecule has 0 saturated carbocycles. The molecule has 0 amide bonds. The van der Waals surface area contributed by atoms with Gasteiger partial charge in [0.25, 0.3) is 0 Å². The smallest absolute Gasteiger partial charge is 0.102 e. The fraction of sp³-hybridized carbons (Fsp3) is 0.385. The molecule has 0 radical (unpaired) electrons. The van der Waals surface area contributed by atoms with Gasteiger partial charge in [0, 0.05) is 13.7 Å². The summed E-state index contributed by atoms with van der Waals surface area (Å²) < 4.78 is 6.98. The lowest BCUT2D eigenvalue weighted by Gasteiger charge is -2.08. The Bertz CT molecular complexity index is 548. The van der Waals surface area contributed by atoms with Crippen molar-refractivity contribution in [3.05, 3.63) is 40.7 Å². The number of nitrogens with zero attached hydrogens (tertiary/aromatic N) is 3. The number of aromatic nitrogens is 3. The topological polar surface area (TPSA) is 66.0 Å². The van der Waals surface area contributed by atoms with Crippen molar-refractivity contribution in [1.82, 2.24) is 15.0 Å². The minimum atomic E-state index is 0.365. The van der Waals surface area contributed by atoms with Crippen molar-refractivity contribution < 1.29 is 4.74 Å². The molecule has 96 valence electrons. The lowest BCUT2D eigenvalue weighted by atomic mass is 10.1. The summed E-state index contributed by atoms with van der Waals surface area (Å²) in [5.41, 5.74) is 10.8. The fourth-order valence-electron chi connectivity index (χ4n) is 1.84. The van der Waals surface area contributed by atoms with Gasteiger partial charge in [-0.25, -0.2) is 4.68 Å². The summed E-state index contributed by atoms with van der Waals surface area (Å²) in [7, 11) is 1.65. The van der Waals surface area contributed by atoms with Crippen molar-refractivity contribution >= 4 is 0 Å². The molecular formula is C13H18N4O. The Balaban J connectivity index is 2.49. The third-order valence-electron chi connectivity index (χ3n) is 3.05. The maximum absolute atomic E-state index is 5.65. The number of rotatable bonds is 4. The lowest BCUT2D eigenvalue weighted by Crippen LogP contribution is -2.07. The minimum absolute atomic E-state index is 0.365. The fourth-order valence-corrected chi connectivity index (χ4v) is 1.84. The highest BCUT2D eigenvalue weighted by molar-refractivity contribution is 5.40. The molecule has 2 rings (SSSR count). The van der Waals surface area contributed by atoms with E-state index in [9.17, 15) is 0 Å². The molecule has 2 aromatic rings. The van der Waals surface area contributed by atoms with E-state index in [1.54, 1.807) is 11.8 Å². The summed E-state index contributed by atoms with van der Waals surface area (Å²) in [6.07, 6.45) is 0. The molecule has 0 aliphatic carbocycles. The Kier molecular flexibility index (Phi) is 3.74. The van der Waals surface area contributed by atoms with Crippen LogP contribution in [-0.2, 0) is 17.9 Å². The summed E-state index contributed by atoms with van der Waals surface area (Å²) in [6, 6.07) is 6.19. The average molecular weight is 246 g/mol. The molecule has 0 spiro atoms. The predicted octanol–water partition coefficient (Wildman–Crippen LogP) is 1.49. The molecule has 5 heteroatoms. The molecule has 18 heavy (non-hydrogen) atoms. The van der Waals surface area contributed by atoms with Crippen LogP contribution in [0.5, 0.6) is 0 Å². The van der Waals surface area contributed by atoms with Crippen LogP contribution < -0.4 is 5.73 Å². The van der Waals surface area contributed by atoms with Gasteiger partial charge in [-0.3, -0.25) is 0 Å². The molecule has 0 atom stereocenters. The van der Waals surface area contributed by atoms with Crippen LogP contribution in [0.4, 0.5) is 0 Å². The van der Waals surface area contributed by atoms with Gasteiger partial charge in [-0.2, -0.15) is 0 Å². The van der Waals surface area contributed by atoms with Crippen LogP contribution in [0.15, 0.2) is 18.2 Å². The summed E-state index contributed by atoms with van der Waals surface area (Å²) in [4.78, 5) is 0. The number of hydrogen-bond donors (Lipinski definition) is 1. The highest BCUT2D eigenvalue weighted by Gasteiger charge is 2.13. The van der Waals surface area contributed by atoms with Crippen LogP contribution in [0.2, 0.25) is 0 Å². The molecule has 0 saturated heterocycles. The molecule has 0 bridgehead atoms. The minimum Gasteiger partial charge on any atom is -0.378 e. The van der Waals surface area contributed by atoms with Crippen molar-refractivity contribution in [1.29, 1.82) is 0 Å². The first-order valence-electron chi connectivity index (χ1n) is 5.87. The van der Waals surface area contributed by atoms with Gasteiger partial charge in [-0.05, 0) is 37.1 Å². The second-order valence-electron chi connectivity index (χ2n) is 4.30. The number of ether oxygens (including phenoxy) is 1. The van der Waals surface area contributed by atoms with E-state index in [1.165, 1.54) is 11.1 Å². The van der Waals surface area contributed by atoms with Crippen molar-refractivity contribution in [3.8, 4) is 5.69 Å². The summed E-state index contributed by atoms with van der Waals surface area (Å²) >= 11 is 0. The third-order valence-corrected chi connectivity index (χ3v) is 3.05. The summed E-state index contributed by atoms with van der Waals surface area (Å²) in [5, 5.41) is 8.24. The van der Waals surface area contributed by atoms with E-state index in [2.05, 4.69) is 36.3 Å². The predicted molar refractivity (Wildman–Crippen MR) is 69.4 cm³/mol. The van der Waals surface area contributed by atoms with Gasteiger partial charge in [0.2, 0.25) is 0 Å². The van der Waals surface area contributed by atoms with Gasteiger partial charge in [-0.15, -0.1) is 5.10 Å². The van der Waals surface area contributed by atoms with Gasteiger partial charge >= 0.3 is 0 Å². The zero-order chi connectivity index (χ0) is 13.1. The Morgan fingerprint density at radius 2 is 2.06 bits per heavy atom. The first-order valence-corrected chi connectivity index (χ1v) is 5.87. The zero-order valence-corrected chi connectivity index (χ0v) is 11.0. The molecule has 1 aromatic carbocycles. The van der Waals surface area contributed by atoms with Gasteiger partial charge in [0.1, 0.15) is 5.69 Å². The largest absolute Gasteiger partial charge is 0.378 e. The van der Waals surface area contributed by atoms with E-state index in [0.717, 1.165) is 17.1 Å². The van der Waals surface area contributed by atoms with Gasteiger partial charge < -0.3 is 10.5 Å². The van der Waals surface area contributed by atoms with Gasteiger partial charge in [-0.1, -0.05) is 11.3 Å². The monoisotopic (exact) mass is 246 g/mol. The Morgan fingerprint density at radius 3 is 2.67 bits per heavy atom. The van der Waals surface area contributed by atoms with Crippen LogP contribution in [0, 0.1) is 13.8 Å². The van der Waals surface area contributed by atoms with E-state index >= 15 is 0 Å². The van der Waals surface area contributed by atoms with Crippen LogP contribution in [-0.4, -0.2) is 22.1 Å². The molecule has 0 aliphatic rings. The molecular weight excluding hydrogens is 228 g/mol. The normalized spacial score (nSPS) is 10.9. The summed E-state index contributed by atoms with van der Waals surface area (Å²) in [5.74, 6) is 0. The van der Waals surface area contributed by atoms with Crippen molar-refractivity contribution in [3.63, 3.8) is 0 Å². The first-order chi connectivity index (χ1) is 8.67. The van der Waals surface area contributed by atoms with Gasteiger partial charge in [0.05, 0.1) is 18.0 Å². The number of benzene rings is 1. The molecule has 2 N–H and O–H groups in total. The lowest BCUT2D eigenvalue weighted by molar-refractivity contribution is 0.178. The first kappa shape index (κ1) is 12.7. The van der Waals surface area contributed by atoms with Crippen molar-refractivity contribution in [2.75, 3.05) is 7.11 Å². The van der Waals surface area contributed by atoms with Crippen molar-refractivity contribution in [2.24, 2.45) is 5.73 Å². The van der Waals surface area contributed by atoms with E-state index in [-0.39, 0.29) is 0 Å². The maximum Gasteiger partial charge on any atom is 0.102 e. The Labute approximate surface area is 107 Å². The van der Waals surface area contributed by atoms with Crippen LogP contribution in [0.1, 0.15) is 22.5 Å². The van der Waals surface area contributed by atoms with E-state index < -0.39 is 0 Å². The third kappa shape index (κ3) is 2.27. The standard InChI is InChI=1S/C13H18N4O/c1-9-4-5-11(6-10(9)2)17-13(8-18-3)12(7-14)15-16-17/h4-6H,7-8,14H2,1-3H3. The number of aryl methyl sites for hydroxylation is 2. The van der Waals surface area contributed by atoms with Crippen LogP contribution in [0.3, 0.4) is 0 Å².